The smallest absolute Gasteiger partial charge is 0.186 e. The molecule has 1 aliphatic heterocycles. The van der Waals surface area contributed by atoms with E-state index in [4.69, 9.17) is 14.6 Å². The number of hydrogen-bond acceptors (Lipinski definition) is 5. The molecule has 1 rings (SSSR count). The highest BCUT2D eigenvalue weighted by atomic mass is 16.7. The van der Waals surface area contributed by atoms with Gasteiger partial charge >= 0.3 is 0 Å². The van der Waals surface area contributed by atoms with E-state index in [1.54, 1.807) is 0 Å². The van der Waals surface area contributed by atoms with E-state index >= 15 is 0 Å². The monoisotopic (exact) mass is 206 g/mol. The van der Waals surface area contributed by atoms with E-state index in [0.717, 1.165) is 0 Å². The molecule has 0 aliphatic carbocycles. The zero-order valence-corrected chi connectivity index (χ0v) is 8.46. The molecule has 0 unspecified atom stereocenters. The topological polar surface area (TPSA) is 79.2 Å². The molecule has 0 radical (unpaired) electrons. The lowest BCUT2D eigenvalue weighted by molar-refractivity contribution is -0.280. The quantitative estimate of drug-likeness (QED) is 0.565. The Hall–Kier alpha value is -0.200. The Labute approximate surface area is 83.3 Å². The minimum absolute atomic E-state index is 0.0979. The molecule has 3 N–H and O–H groups in total. The van der Waals surface area contributed by atoms with Crippen molar-refractivity contribution >= 4 is 0 Å². The van der Waals surface area contributed by atoms with Crippen LogP contribution < -0.4 is 0 Å². The Balaban J connectivity index is 2.53. The van der Waals surface area contributed by atoms with Crippen molar-refractivity contribution < 1.29 is 24.8 Å². The van der Waals surface area contributed by atoms with Gasteiger partial charge in [-0.05, 0) is 13.8 Å². The van der Waals surface area contributed by atoms with E-state index in [1.807, 2.05) is 13.8 Å². The highest BCUT2D eigenvalue weighted by Gasteiger charge is 2.37. The zero-order valence-electron chi connectivity index (χ0n) is 8.46. The van der Waals surface area contributed by atoms with Crippen LogP contribution in [0.4, 0.5) is 0 Å². The van der Waals surface area contributed by atoms with Gasteiger partial charge < -0.3 is 24.8 Å². The van der Waals surface area contributed by atoms with Crippen molar-refractivity contribution in [1.82, 2.24) is 0 Å². The fraction of sp³-hybridized carbons (Fsp3) is 1.00. The molecule has 5 heteroatoms. The normalized spacial score (nSPS) is 39.0. The van der Waals surface area contributed by atoms with Crippen LogP contribution in [-0.4, -0.2) is 52.6 Å². The molecule has 1 saturated heterocycles. The van der Waals surface area contributed by atoms with Crippen molar-refractivity contribution in [2.75, 3.05) is 6.61 Å². The lowest BCUT2D eigenvalue weighted by Gasteiger charge is -2.36. The summed E-state index contributed by atoms with van der Waals surface area (Å²) >= 11 is 0. The Kier molecular flexibility index (Phi) is 4.28. The Morgan fingerprint density at radius 2 is 2.07 bits per heavy atom. The van der Waals surface area contributed by atoms with Gasteiger partial charge in [0.1, 0.15) is 6.10 Å². The first-order valence-corrected chi connectivity index (χ1v) is 4.82. The van der Waals surface area contributed by atoms with Crippen LogP contribution in [0.1, 0.15) is 20.3 Å². The van der Waals surface area contributed by atoms with Crippen LogP contribution in [0.25, 0.3) is 0 Å². The number of aliphatic hydroxyl groups excluding tert-OH is 3. The first-order chi connectivity index (χ1) is 6.54. The fourth-order valence-corrected chi connectivity index (χ4v) is 1.41. The Morgan fingerprint density at radius 1 is 1.43 bits per heavy atom. The molecule has 0 saturated carbocycles. The molecule has 5 nitrogen and oxygen atoms in total. The van der Waals surface area contributed by atoms with Crippen LogP contribution in [0.2, 0.25) is 0 Å². The maximum Gasteiger partial charge on any atom is 0.186 e. The average Bonchev–Trinajstić information content (AvgIpc) is 2.11. The second-order valence-electron chi connectivity index (χ2n) is 3.79. The minimum Gasteiger partial charge on any atom is -0.394 e. The summed E-state index contributed by atoms with van der Waals surface area (Å²) in [4.78, 5) is 0. The molecule has 0 spiro atoms. The molecular formula is C9H18O5. The number of aliphatic hydroxyl groups is 3. The van der Waals surface area contributed by atoms with E-state index in [1.165, 1.54) is 0 Å². The third-order valence-corrected chi connectivity index (χ3v) is 2.11. The maximum absolute atomic E-state index is 9.52. The third kappa shape index (κ3) is 2.90. The molecule has 1 heterocycles. The second-order valence-corrected chi connectivity index (χ2v) is 3.79. The van der Waals surface area contributed by atoms with Gasteiger partial charge in [-0.1, -0.05) is 0 Å². The SMILES string of the molecule is CC(C)O[C@H]1O[C@H](CO)C[C@H](O)[C@@H]1O. The predicted octanol–water partition coefficient (Wildman–Crippen LogP) is -0.760. The number of hydrogen-bond donors (Lipinski definition) is 3. The maximum atomic E-state index is 9.52. The molecule has 14 heavy (non-hydrogen) atoms. The minimum atomic E-state index is -1.04. The van der Waals surface area contributed by atoms with Crippen molar-refractivity contribution in [3.05, 3.63) is 0 Å². The summed E-state index contributed by atoms with van der Waals surface area (Å²) in [6, 6.07) is 0. The second kappa shape index (κ2) is 5.04. The first kappa shape index (κ1) is 11.9. The summed E-state index contributed by atoms with van der Waals surface area (Å²) in [6.45, 7) is 3.44. The van der Waals surface area contributed by atoms with Crippen molar-refractivity contribution in [2.24, 2.45) is 0 Å². The Bertz CT molecular complexity index is 173. The van der Waals surface area contributed by atoms with Gasteiger partial charge in [0, 0.05) is 6.42 Å². The summed E-state index contributed by atoms with van der Waals surface area (Å²) in [7, 11) is 0. The summed E-state index contributed by atoms with van der Waals surface area (Å²) < 4.78 is 10.5. The Morgan fingerprint density at radius 3 is 2.57 bits per heavy atom. The van der Waals surface area contributed by atoms with Gasteiger partial charge in [0.25, 0.3) is 0 Å². The fourth-order valence-electron chi connectivity index (χ4n) is 1.41. The van der Waals surface area contributed by atoms with Gasteiger partial charge in [-0.3, -0.25) is 0 Å². The van der Waals surface area contributed by atoms with Gasteiger partial charge in [-0.15, -0.1) is 0 Å². The molecule has 4 atom stereocenters. The summed E-state index contributed by atoms with van der Waals surface area (Å²) in [5.41, 5.74) is 0. The van der Waals surface area contributed by atoms with E-state index in [9.17, 15) is 10.2 Å². The molecule has 0 aromatic carbocycles. The van der Waals surface area contributed by atoms with Crippen molar-refractivity contribution in [3.8, 4) is 0 Å². The van der Waals surface area contributed by atoms with Crippen LogP contribution in [0.3, 0.4) is 0 Å². The standard InChI is InChI=1S/C9H18O5/c1-5(2)13-9-8(12)7(11)3-6(4-10)14-9/h5-12H,3-4H2,1-2H3/t6-,7-,8-,9-/m0/s1. The predicted molar refractivity (Wildman–Crippen MR) is 48.6 cm³/mol. The highest BCUT2D eigenvalue weighted by molar-refractivity contribution is 4.81. The molecular weight excluding hydrogens is 188 g/mol. The van der Waals surface area contributed by atoms with Gasteiger partial charge in [-0.2, -0.15) is 0 Å². The van der Waals surface area contributed by atoms with Crippen LogP contribution in [0, 0.1) is 0 Å². The van der Waals surface area contributed by atoms with Crippen molar-refractivity contribution in [1.29, 1.82) is 0 Å². The van der Waals surface area contributed by atoms with Gasteiger partial charge in [0.2, 0.25) is 0 Å². The largest absolute Gasteiger partial charge is 0.394 e. The first-order valence-electron chi connectivity index (χ1n) is 4.82. The molecule has 0 bridgehead atoms. The molecule has 0 aromatic heterocycles. The van der Waals surface area contributed by atoms with Crippen LogP contribution in [-0.2, 0) is 9.47 Å². The van der Waals surface area contributed by atoms with Gasteiger partial charge in [0.05, 0.1) is 24.9 Å². The molecule has 0 amide bonds. The number of rotatable bonds is 3. The van der Waals surface area contributed by atoms with Crippen molar-refractivity contribution in [2.45, 2.75) is 51.0 Å². The van der Waals surface area contributed by atoms with E-state index in [-0.39, 0.29) is 19.1 Å². The van der Waals surface area contributed by atoms with Gasteiger partial charge in [-0.25, -0.2) is 0 Å². The lowest BCUT2D eigenvalue weighted by atomic mass is 10.0. The van der Waals surface area contributed by atoms with Crippen molar-refractivity contribution in [3.63, 3.8) is 0 Å². The van der Waals surface area contributed by atoms with E-state index in [0.29, 0.717) is 0 Å². The average molecular weight is 206 g/mol. The summed E-state index contributed by atoms with van der Waals surface area (Å²) in [6.07, 6.45) is -3.12. The van der Waals surface area contributed by atoms with E-state index < -0.39 is 24.6 Å². The van der Waals surface area contributed by atoms with Crippen LogP contribution in [0.15, 0.2) is 0 Å². The summed E-state index contributed by atoms with van der Waals surface area (Å²) in [5.74, 6) is 0. The molecule has 1 aliphatic rings. The van der Waals surface area contributed by atoms with Gasteiger partial charge in [0.15, 0.2) is 6.29 Å². The molecule has 84 valence electrons. The van der Waals surface area contributed by atoms with Crippen LogP contribution >= 0.6 is 0 Å². The molecule has 1 fully saturated rings. The molecule has 0 aromatic rings. The zero-order chi connectivity index (χ0) is 10.7. The van der Waals surface area contributed by atoms with Crippen LogP contribution in [0.5, 0.6) is 0 Å². The number of ether oxygens (including phenoxy) is 2. The third-order valence-electron chi connectivity index (χ3n) is 2.11. The van der Waals surface area contributed by atoms with E-state index in [2.05, 4.69) is 0 Å². The lowest BCUT2D eigenvalue weighted by Crippen LogP contribution is -2.51. The summed E-state index contributed by atoms with van der Waals surface area (Å²) in [5, 5.41) is 27.8. The highest BCUT2D eigenvalue weighted by Crippen LogP contribution is 2.21.